The lowest BCUT2D eigenvalue weighted by Crippen LogP contribution is -2.31. The fraction of sp³-hybridized carbons (Fsp3) is 0.125. The van der Waals surface area contributed by atoms with Gasteiger partial charge in [-0.15, -0.1) is 0 Å². The molecule has 0 saturated heterocycles. The predicted octanol–water partition coefficient (Wildman–Crippen LogP) is 4.91. The predicted molar refractivity (Wildman–Crippen MR) is 88.2 cm³/mol. The zero-order valence-corrected chi connectivity index (χ0v) is 13.5. The van der Waals surface area contributed by atoms with Crippen LogP contribution in [0.2, 0.25) is 10.0 Å². The molecule has 2 aromatic carbocycles. The zero-order valence-electron chi connectivity index (χ0n) is 12.0. The summed E-state index contributed by atoms with van der Waals surface area (Å²) in [5, 5.41) is 0.453. The van der Waals surface area contributed by atoms with Crippen molar-refractivity contribution in [2.24, 2.45) is 0 Å². The molecule has 0 saturated carbocycles. The van der Waals surface area contributed by atoms with E-state index in [1.165, 1.54) is 18.2 Å². The summed E-state index contributed by atoms with van der Waals surface area (Å²) < 4.78 is 40.1. The molecule has 0 radical (unpaired) electrons. The summed E-state index contributed by atoms with van der Waals surface area (Å²) in [6, 6.07) is 10.7. The van der Waals surface area contributed by atoms with Gasteiger partial charge in [-0.3, -0.25) is 10.3 Å². The van der Waals surface area contributed by atoms with Crippen LogP contribution in [0.5, 0.6) is 0 Å². The van der Waals surface area contributed by atoms with E-state index in [2.05, 4.69) is 5.48 Å². The van der Waals surface area contributed by atoms with Crippen molar-refractivity contribution in [3.8, 4) is 0 Å². The van der Waals surface area contributed by atoms with Gasteiger partial charge in [0.2, 0.25) is 6.10 Å². The SMILES string of the molecule is Nc1cccc(C2=C(c3cc(Cl)cc(Cl)c3)C(C(F)(F)F)ON2)c1. The van der Waals surface area contributed by atoms with Gasteiger partial charge in [0.25, 0.3) is 0 Å². The van der Waals surface area contributed by atoms with Gasteiger partial charge in [-0.05, 0) is 35.9 Å². The highest BCUT2D eigenvalue weighted by Gasteiger charge is 2.48. The Labute approximate surface area is 145 Å². The largest absolute Gasteiger partial charge is 0.421 e. The molecule has 0 aliphatic carbocycles. The van der Waals surface area contributed by atoms with Gasteiger partial charge < -0.3 is 5.73 Å². The van der Waals surface area contributed by atoms with Gasteiger partial charge in [-0.2, -0.15) is 13.2 Å². The van der Waals surface area contributed by atoms with E-state index in [1.54, 1.807) is 24.3 Å². The van der Waals surface area contributed by atoms with Crippen LogP contribution in [0.25, 0.3) is 11.3 Å². The van der Waals surface area contributed by atoms with E-state index in [4.69, 9.17) is 33.8 Å². The molecule has 3 rings (SSSR count). The standard InChI is InChI=1S/C16H11Cl2F3N2O/c17-10-4-9(5-11(18)7-10)13-14(8-2-1-3-12(22)6-8)23-24-15(13)16(19,20)21/h1-7,15,23H,22H2. The van der Waals surface area contributed by atoms with E-state index >= 15 is 0 Å². The van der Waals surface area contributed by atoms with Crippen molar-refractivity contribution in [3.05, 3.63) is 63.6 Å². The minimum absolute atomic E-state index is 0.0995. The molecule has 3 N–H and O–H groups in total. The monoisotopic (exact) mass is 374 g/mol. The van der Waals surface area contributed by atoms with Gasteiger partial charge in [0.15, 0.2) is 0 Å². The average molecular weight is 375 g/mol. The fourth-order valence-electron chi connectivity index (χ4n) is 2.51. The maximum absolute atomic E-state index is 13.4. The Balaban J connectivity index is 2.23. The Morgan fingerprint density at radius 2 is 1.67 bits per heavy atom. The molecule has 2 aromatic rings. The molecule has 0 amide bonds. The molecule has 0 aromatic heterocycles. The first-order chi connectivity index (χ1) is 11.3. The first-order valence-corrected chi connectivity index (χ1v) is 7.56. The third kappa shape index (κ3) is 3.31. The Morgan fingerprint density at radius 3 is 2.25 bits per heavy atom. The smallest absolute Gasteiger partial charge is 0.399 e. The molecule has 126 valence electrons. The van der Waals surface area contributed by atoms with Gasteiger partial charge in [-0.25, -0.2) is 0 Å². The highest BCUT2D eigenvalue weighted by atomic mass is 35.5. The van der Waals surface area contributed by atoms with Crippen molar-refractivity contribution >= 4 is 40.2 Å². The number of hydroxylamine groups is 1. The number of nitrogen functional groups attached to an aromatic ring is 1. The minimum Gasteiger partial charge on any atom is -0.399 e. The van der Waals surface area contributed by atoms with Gasteiger partial charge in [-0.1, -0.05) is 35.3 Å². The highest BCUT2D eigenvalue weighted by molar-refractivity contribution is 6.35. The summed E-state index contributed by atoms with van der Waals surface area (Å²) in [5.41, 5.74) is 9.26. The Hall–Kier alpha value is -1.89. The van der Waals surface area contributed by atoms with Gasteiger partial charge in [0, 0.05) is 26.9 Å². The van der Waals surface area contributed by atoms with Crippen molar-refractivity contribution in [1.29, 1.82) is 0 Å². The third-order valence-corrected chi connectivity index (χ3v) is 3.89. The maximum Gasteiger partial charge on any atom is 0.421 e. The lowest BCUT2D eigenvalue weighted by atomic mass is 9.95. The molecule has 1 atom stereocenters. The molecular formula is C16H11Cl2F3N2O. The van der Waals surface area contributed by atoms with Crippen LogP contribution in [0.3, 0.4) is 0 Å². The summed E-state index contributed by atoms with van der Waals surface area (Å²) in [6.45, 7) is 0. The van der Waals surface area contributed by atoms with Crippen LogP contribution in [0.1, 0.15) is 11.1 Å². The number of benzene rings is 2. The molecular weight excluding hydrogens is 364 g/mol. The number of nitrogens with two attached hydrogens (primary N) is 1. The Kier molecular flexibility index (Phi) is 4.38. The van der Waals surface area contributed by atoms with Gasteiger partial charge in [0.1, 0.15) is 0 Å². The second kappa shape index (κ2) is 6.20. The van der Waals surface area contributed by atoms with Crippen molar-refractivity contribution in [2.75, 3.05) is 5.73 Å². The molecule has 1 heterocycles. The van der Waals surface area contributed by atoms with E-state index in [0.717, 1.165) is 0 Å². The molecule has 0 bridgehead atoms. The maximum atomic E-state index is 13.4. The van der Waals surface area contributed by atoms with Crippen molar-refractivity contribution in [3.63, 3.8) is 0 Å². The fourth-order valence-corrected chi connectivity index (χ4v) is 3.03. The van der Waals surface area contributed by atoms with Crippen LogP contribution < -0.4 is 11.2 Å². The van der Waals surface area contributed by atoms with Crippen molar-refractivity contribution in [1.82, 2.24) is 5.48 Å². The number of rotatable bonds is 2. The first kappa shape index (κ1) is 17.0. The quantitative estimate of drug-likeness (QED) is 0.734. The first-order valence-electron chi connectivity index (χ1n) is 6.80. The van der Waals surface area contributed by atoms with Gasteiger partial charge in [0.05, 0.1) is 5.70 Å². The normalized spacial score (nSPS) is 18.0. The summed E-state index contributed by atoms with van der Waals surface area (Å²) in [6.07, 6.45) is -6.76. The minimum atomic E-state index is -4.61. The Morgan fingerprint density at radius 1 is 1.00 bits per heavy atom. The molecule has 8 heteroatoms. The number of nitrogens with one attached hydrogen (secondary N) is 1. The molecule has 1 aliphatic rings. The van der Waals surface area contributed by atoms with E-state index in [0.29, 0.717) is 11.3 Å². The lowest BCUT2D eigenvalue weighted by molar-refractivity contribution is -0.205. The molecule has 3 nitrogen and oxygen atoms in total. The number of alkyl halides is 3. The van der Waals surface area contributed by atoms with Crippen LogP contribution in [0, 0.1) is 0 Å². The van der Waals surface area contributed by atoms with Crippen LogP contribution >= 0.6 is 23.2 Å². The Bertz CT molecular complexity index is 801. The van der Waals surface area contributed by atoms with Crippen LogP contribution in [-0.2, 0) is 4.84 Å². The van der Waals surface area contributed by atoms with E-state index < -0.39 is 12.3 Å². The zero-order chi connectivity index (χ0) is 17.5. The van der Waals surface area contributed by atoms with Crippen LogP contribution in [-0.4, -0.2) is 12.3 Å². The van der Waals surface area contributed by atoms with Crippen molar-refractivity contribution in [2.45, 2.75) is 12.3 Å². The summed E-state index contributed by atoms with van der Waals surface area (Å²) in [5.74, 6) is 0. The van der Waals surface area contributed by atoms with Crippen LogP contribution in [0.15, 0.2) is 42.5 Å². The number of hydrogen-bond donors (Lipinski definition) is 2. The topological polar surface area (TPSA) is 47.3 Å². The average Bonchev–Trinajstić information content (AvgIpc) is 2.91. The second-order valence-corrected chi connectivity index (χ2v) is 6.09. The van der Waals surface area contributed by atoms with E-state index in [1.807, 2.05) is 0 Å². The summed E-state index contributed by atoms with van der Waals surface area (Å²) in [4.78, 5) is 4.80. The van der Waals surface area contributed by atoms with Crippen molar-refractivity contribution < 1.29 is 18.0 Å². The molecule has 1 aliphatic heterocycles. The van der Waals surface area contributed by atoms with Crippen LogP contribution in [0.4, 0.5) is 18.9 Å². The molecule has 0 fully saturated rings. The molecule has 0 spiro atoms. The van der Waals surface area contributed by atoms with E-state index in [9.17, 15) is 13.2 Å². The molecule has 1 unspecified atom stereocenters. The number of halogens is 5. The van der Waals surface area contributed by atoms with Gasteiger partial charge >= 0.3 is 6.18 Å². The third-order valence-electron chi connectivity index (χ3n) is 3.46. The summed E-state index contributed by atoms with van der Waals surface area (Å²) in [7, 11) is 0. The van der Waals surface area contributed by atoms with E-state index in [-0.39, 0.29) is 26.9 Å². The second-order valence-electron chi connectivity index (χ2n) is 5.21. The number of hydrogen-bond acceptors (Lipinski definition) is 3. The highest BCUT2D eigenvalue weighted by Crippen LogP contribution is 2.42. The number of anilines is 1. The lowest BCUT2D eigenvalue weighted by Gasteiger charge is -2.17. The summed E-state index contributed by atoms with van der Waals surface area (Å²) >= 11 is 11.9. The molecule has 24 heavy (non-hydrogen) atoms.